The number of benzene rings is 1. The summed E-state index contributed by atoms with van der Waals surface area (Å²) < 4.78 is 0. The molecular formula is C11H15NS2. The van der Waals surface area contributed by atoms with Gasteiger partial charge in [-0.25, -0.2) is 0 Å². The molecule has 0 saturated carbocycles. The van der Waals surface area contributed by atoms with Crippen molar-refractivity contribution in [1.29, 1.82) is 0 Å². The summed E-state index contributed by atoms with van der Waals surface area (Å²) in [5, 5.41) is 0. The van der Waals surface area contributed by atoms with Crippen molar-refractivity contribution in [2.75, 3.05) is 5.75 Å². The summed E-state index contributed by atoms with van der Waals surface area (Å²) >= 11 is 6.68. The number of thioether (sulfide) groups is 1. The molecule has 1 nitrogen and oxygen atoms in total. The molecule has 1 rings (SSSR count). The quantitative estimate of drug-likeness (QED) is 0.616. The van der Waals surface area contributed by atoms with Crippen LogP contribution in [-0.4, -0.2) is 10.7 Å². The molecule has 3 heteroatoms. The Hall–Kier alpha value is -0.540. The minimum Gasteiger partial charge on any atom is -0.393 e. The van der Waals surface area contributed by atoms with Crippen molar-refractivity contribution in [3.63, 3.8) is 0 Å². The minimum atomic E-state index is 0.612. The molecule has 0 radical (unpaired) electrons. The maximum Gasteiger partial charge on any atom is 0.0735 e. The molecule has 2 N–H and O–H groups in total. The molecule has 0 heterocycles. The Morgan fingerprint density at radius 3 is 2.57 bits per heavy atom. The maximum atomic E-state index is 5.41. The molecule has 0 aromatic heterocycles. The Balaban J connectivity index is 2.25. The van der Waals surface area contributed by atoms with Crippen molar-refractivity contribution in [2.24, 2.45) is 5.73 Å². The second kappa shape index (κ2) is 6.04. The van der Waals surface area contributed by atoms with Crippen LogP contribution in [0, 0.1) is 6.92 Å². The molecule has 0 spiro atoms. The van der Waals surface area contributed by atoms with Gasteiger partial charge in [-0.2, -0.15) is 11.8 Å². The van der Waals surface area contributed by atoms with Gasteiger partial charge in [-0.1, -0.05) is 42.0 Å². The lowest BCUT2D eigenvalue weighted by Crippen LogP contribution is -2.08. The number of nitrogens with two attached hydrogens (primary N) is 1. The minimum absolute atomic E-state index is 0.612. The van der Waals surface area contributed by atoms with Gasteiger partial charge in [0.15, 0.2) is 0 Å². The summed E-state index contributed by atoms with van der Waals surface area (Å²) in [5.41, 5.74) is 8.08. The molecule has 1 aromatic rings. The predicted molar refractivity (Wildman–Crippen MR) is 68.7 cm³/mol. The van der Waals surface area contributed by atoms with Gasteiger partial charge in [0.2, 0.25) is 0 Å². The van der Waals surface area contributed by atoms with Crippen LogP contribution in [0.25, 0.3) is 0 Å². The number of hydrogen-bond donors (Lipinski definition) is 1. The van der Waals surface area contributed by atoms with E-state index in [9.17, 15) is 0 Å². The second-order valence-electron chi connectivity index (χ2n) is 3.25. The van der Waals surface area contributed by atoms with E-state index in [1.807, 2.05) is 11.8 Å². The van der Waals surface area contributed by atoms with Crippen molar-refractivity contribution in [3.05, 3.63) is 35.4 Å². The summed E-state index contributed by atoms with van der Waals surface area (Å²) in [6.45, 7) is 2.10. The van der Waals surface area contributed by atoms with Crippen LogP contribution in [0.15, 0.2) is 24.3 Å². The second-order valence-corrected chi connectivity index (χ2v) is 4.88. The molecule has 0 fully saturated rings. The molecule has 0 aliphatic carbocycles. The van der Waals surface area contributed by atoms with Gasteiger partial charge in [-0.05, 0) is 18.2 Å². The van der Waals surface area contributed by atoms with E-state index in [2.05, 4.69) is 31.2 Å². The third-order valence-electron chi connectivity index (χ3n) is 1.88. The van der Waals surface area contributed by atoms with E-state index < -0.39 is 0 Å². The Kier molecular flexibility index (Phi) is 4.98. The first-order valence-electron chi connectivity index (χ1n) is 4.60. The van der Waals surface area contributed by atoms with Crippen LogP contribution in [0.5, 0.6) is 0 Å². The van der Waals surface area contributed by atoms with Gasteiger partial charge in [-0.3, -0.25) is 0 Å². The molecule has 14 heavy (non-hydrogen) atoms. The van der Waals surface area contributed by atoms with Gasteiger partial charge >= 0.3 is 0 Å². The third-order valence-corrected chi connectivity index (χ3v) is 3.12. The first kappa shape index (κ1) is 11.5. The summed E-state index contributed by atoms with van der Waals surface area (Å²) in [7, 11) is 0. The van der Waals surface area contributed by atoms with E-state index in [0.29, 0.717) is 4.99 Å². The molecule has 0 unspecified atom stereocenters. The highest BCUT2D eigenvalue weighted by Gasteiger charge is 1.94. The fraction of sp³-hybridized carbons (Fsp3) is 0.364. The van der Waals surface area contributed by atoms with Gasteiger partial charge in [0.1, 0.15) is 0 Å². The topological polar surface area (TPSA) is 26.0 Å². The van der Waals surface area contributed by atoms with Crippen molar-refractivity contribution < 1.29 is 0 Å². The first-order chi connectivity index (χ1) is 6.68. The molecule has 0 aliphatic heterocycles. The molecule has 0 atom stereocenters. The standard InChI is InChI=1S/C11H15NS2/c1-9-2-4-10(5-3-9)8-14-7-6-11(12)13/h2-5H,6-8H2,1H3,(H2,12,13). The summed E-state index contributed by atoms with van der Waals surface area (Å²) in [4.78, 5) is 0.612. The fourth-order valence-electron chi connectivity index (χ4n) is 1.05. The summed E-state index contributed by atoms with van der Waals surface area (Å²) in [6.07, 6.45) is 0.839. The molecule has 0 bridgehead atoms. The number of hydrogen-bond acceptors (Lipinski definition) is 2. The summed E-state index contributed by atoms with van der Waals surface area (Å²) in [6, 6.07) is 8.62. The normalized spacial score (nSPS) is 10.1. The van der Waals surface area contributed by atoms with E-state index in [1.54, 1.807) is 0 Å². The van der Waals surface area contributed by atoms with Crippen LogP contribution in [0.1, 0.15) is 17.5 Å². The van der Waals surface area contributed by atoms with E-state index >= 15 is 0 Å². The molecule has 0 saturated heterocycles. The largest absolute Gasteiger partial charge is 0.393 e. The summed E-state index contributed by atoms with van der Waals surface area (Å²) in [5.74, 6) is 2.06. The molecule has 76 valence electrons. The van der Waals surface area contributed by atoms with Gasteiger partial charge in [0.05, 0.1) is 4.99 Å². The third kappa shape index (κ3) is 4.63. The average molecular weight is 225 g/mol. The Morgan fingerprint density at radius 2 is 2.00 bits per heavy atom. The average Bonchev–Trinajstić information content (AvgIpc) is 2.15. The fourth-order valence-corrected chi connectivity index (χ4v) is 2.22. The van der Waals surface area contributed by atoms with Crippen LogP contribution in [0.2, 0.25) is 0 Å². The Morgan fingerprint density at radius 1 is 1.36 bits per heavy atom. The molecule has 1 aromatic carbocycles. The molecule has 0 amide bonds. The Bertz CT molecular complexity index is 293. The van der Waals surface area contributed by atoms with Crippen LogP contribution in [-0.2, 0) is 5.75 Å². The zero-order valence-corrected chi connectivity index (χ0v) is 9.96. The monoisotopic (exact) mass is 225 g/mol. The molecule has 0 aliphatic rings. The van der Waals surface area contributed by atoms with Gasteiger partial charge in [0, 0.05) is 12.2 Å². The highest BCUT2D eigenvalue weighted by atomic mass is 32.2. The van der Waals surface area contributed by atoms with Crippen LogP contribution in [0.3, 0.4) is 0 Å². The van der Waals surface area contributed by atoms with E-state index in [0.717, 1.165) is 17.9 Å². The van der Waals surface area contributed by atoms with Gasteiger partial charge < -0.3 is 5.73 Å². The Labute approximate surface area is 95.1 Å². The lowest BCUT2D eigenvalue weighted by atomic mass is 10.2. The zero-order valence-electron chi connectivity index (χ0n) is 8.32. The lowest BCUT2D eigenvalue weighted by Gasteiger charge is -2.01. The first-order valence-corrected chi connectivity index (χ1v) is 6.16. The van der Waals surface area contributed by atoms with E-state index in [1.165, 1.54) is 11.1 Å². The van der Waals surface area contributed by atoms with Gasteiger partial charge in [-0.15, -0.1) is 0 Å². The van der Waals surface area contributed by atoms with Gasteiger partial charge in [0.25, 0.3) is 0 Å². The lowest BCUT2D eigenvalue weighted by molar-refractivity contribution is 1.29. The predicted octanol–water partition coefficient (Wildman–Crippen LogP) is 2.90. The van der Waals surface area contributed by atoms with Crippen molar-refractivity contribution in [3.8, 4) is 0 Å². The van der Waals surface area contributed by atoms with Crippen LogP contribution >= 0.6 is 24.0 Å². The number of rotatable bonds is 5. The van der Waals surface area contributed by atoms with E-state index in [-0.39, 0.29) is 0 Å². The van der Waals surface area contributed by atoms with Crippen LogP contribution in [0.4, 0.5) is 0 Å². The van der Waals surface area contributed by atoms with Crippen LogP contribution < -0.4 is 5.73 Å². The maximum absolute atomic E-state index is 5.41. The number of aryl methyl sites for hydroxylation is 1. The SMILES string of the molecule is Cc1ccc(CSCCC(N)=S)cc1. The van der Waals surface area contributed by atoms with Crippen molar-refractivity contribution >= 4 is 29.0 Å². The van der Waals surface area contributed by atoms with Crippen molar-refractivity contribution in [2.45, 2.75) is 19.1 Å². The smallest absolute Gasteiger partial charge is 0.0735 e. The van der Waals surface area contributed by atoms with E-state index in [4.69, 9.17) is 18.0 Å². The number of thiocarbonyl (C=S) groups is 1. The van der Waals surface area contributed by atoms with Crippen molar-refractivity contribution in [1.82, 2.24) is 0 Å². The highest BCUT2D eigenvalue weighted by Crippen LogP contribution is 2.13. The molecular weight excluding hydrogens is 210 g/mol. The zero-order chi connectivity index (χ0) is 10.4. The highest BCUT2D eigenvalue weighted by molar-refractivity contribution is 7.98.